The molecule has 8 heteroatoms. The molecular formula is C18H21N3O4S. The predicted octanol–water partition coefficient (Wildman–Crippen LogP) is 2.35. The fourth-order valence-corrected chi connectivity index (χ4v) is 4.63. The molecule has 1 fully saturated rings. The Labute approximate surface area is 152 Å². The molecule has 0 unspecified atom stereocenters. The van der Waals surface area contributed by atoms with Gasteiger partial charge in [-0.25, -0.2) is 18.2 Å². The van der Waals surface area contributed by atoms with Crippen LogP contribution in [0.1, 0.15) is 19.8 Å². The van der Waals surface area contributed by atoms with Crippen molar-refractivity contribution in [2.24, 2.45) is 0 Å². The second-order valence-electron chi connectivity index (χ2n) is 6.05. The number of sulfonamides is 1. The molecule has 1 saturated heterocycles. The maximum absolute atomic E-state index is 12.9. The monoisotopic (exact) mass is 375 g/mol. The molecule has 0 bridgehead atoms. The van der Waals surface area contributed by atoms with Gasteiger partial charge in [0.1, 0.15) is 16.8 Å². The van der Waals surface area contributed by atoms with Crippen LogP contribution in [0.25, 0.3) is 0 Å². The van der Waals surface area contributed by atoms with Gasteiger partial charge < -0.3 is 10.0 Å². The van der Waals surface area contributed by atoms with Crippen molar-refractivity contribution in [3.63, 3.8) is 0 Å². The summed E-state index contributed by atoms with van der Waals surface area (Å²) in [5, 5.41) is 9.29. The molecule has 0 aliphatic carbocycles. The molecule has 3 rings (SSSR count). The molecule has 0 radical (unpaired) electrons. The number of rotatable bonds is 6. The highest BCUT2D eigenvalue weighted by Crippen LogP contribution is 2.27. The van der Waals surface area contributed by atoms with E-state index in [1.807, 2.05) is 6.07 Å². The lowest BCUT2D eigenvalue weighted by Crippen LogP contribution is -2.36. The van der Waals surface area contributed by atoms with Crippen LogP contribution >= 0.6 is 0 Å². The van der Waals surface area contributed by atoms with Gasteiger partial charge in [0, 0.05) is 19.3 Å². The average Bonchev–Trinajstić information content (AvgIpc) is 3.13. The number of benzene rings is 1. The van der Waals surface area contributed by atoms with Crippen LogP contribution in [-0.4, -0.2) is 43.6 Å². The van der Waals surface area contributed by atoms with Crippen LogP contribution in [-0.2, 0) is 14.8 Å². The van der Waals surface area contributed by atoms with Crippen LogP contribution in [0.4, 0.5) is 11.5 Å². The summed E-state index contributed by atoms with van der Waals surface area (Å²) in [6, 6.07) is 11.3. The molecule has 1 aromatic carbocycles. The summed E-state index contributed by atoms with van der Waals surface area (Å²) in [4.78, 5) is 17.3. The fourth-order valence-electron chi connectivity index (χ4n) is 3.21. The molecule has 1 aliphatic heterocycles. The van der Waals surface area contributed by atoms with Gasteiger partial charge in [-0.05, 0) is 44.0 Å². The molecule has 26 heavy (non-hydrogen) atoms. The molecule has 0 amide bonds. The first kappa shape index (κ1) is 18.2. The number of aliphatic carboxylic acids is 1. The van der Waals surface area contributed by atoms with Gasteiger partial charge in [-0.2, -0.15) is 0 Å². The van der Waals surface area contributed by atoms with Gasteiger partial charge in [0.2, 0.25) is 0 Å². The Morgan fingerprint density at radius 2 is 2.00 bits per heavy atom. The maximum atomic E-state index is 12.9. The lowest BCUT2D eigenvalue weighted by Gasteiger charge is -2.24. The van der Waals surface area contributed by atoms with Gasteiger partial charge in [-0.15, -0.1) is 0 Å². The lowest BCUT2D eigenvalue weighted by atomic mass is 10.2. The second-order valence-corrected chi connectivity index (χ2v) is 7.91. The van der Waals surface area contributed by atoms with E-state index in [1.54, 1.807) is 42.2 Å². The molecule has 0 saturated carbocycles. The predicted molar refractivity (Wildman–Crippen MR) is 98.9 cm³/mol. The Morgan fingerprint density at radius 1 is 1.27 bits per heavy atom. The van der Waals surface area contributed by atoms with E-state index < -0.39 is 22.0 Å². The zero-order chi connectivity index (χ0) is 18.7. The smallest absolute Gasteiger partial charge is 0.326 e. The van der Waals surface area contributed by atoms with Crippen LogP contribution in [0, 0.1) is 0 Å². The normalized spacial score (nSPS) is 17.3. The van der Waals surface area contributed by atoms with E-state index >= 15 is 0 Å². The fraction of sp³-hybridized carbons (Fsp3) is 0.333. The minimum atomic E-state index is -3.74. The molecule has 1 atom stereocenters. The van der Waals surface area contributed by atoms with Crippen LogP contribution in [0.2, 0.25) is 0 Å². The van der Waals surface area contributed by atoms with E-state index in [4.69, 9.17) is 0 Å². The Hall–Kier alpha value is -2.61. The number of hydrogen-bond donors (Lipinski definition) is 1. The average molecular weight is 375 g/mol. The maximum Gasteiger partial charge on any atom is 0.326 e. The zero-order valence-electron chi connectivity index (χ0n) is 14.4. The van der Waals surface area contributed by atoms with Crippen LogP contribution < -0.4 is 9.21 Å². The summed E-state index contributed by atoms with van der Waals surface area (Å²) in [5.74, 6) is -0.404. The number of nitrogens with zero attached hydrogens (tertiary/aromatic N) is 3. The minimum Gasteiger partial charge on any atom is -0.480 e. The third-order valence-electron chi connectivity index (χ3n) is 4.47. The molecule has 0 spiro atoms. The Kier molecular flexibility index (Phi) is 5.13. The Morgan fingerprint density at radius 3 is 2.58 bits per heavy atom. The number of carboxylic acid groups (broad SMARTS) is 1. The summed E-state index contributed by atoms with van der Waals surface area (Å²) in [6.07, 6.45) is 2.64. The van der Waals surface area contributed by atoms with Gasteiger partial charge in [0.15, 0.2) is 0 Å². The standard InChI is InChI=1S/C18H21N3O4S/c1-2-21(14-7-4-3-5-8-14)26(24,25)15-10-11-17(19-13-15)20-12-6-9-16(20)18(22)23/h3-5,7-8,10-11,13,16H,2,6,9,12H2,1H3,(H,22,23)/t16-/m1/s1. The Balaban J connectivity index is 1.89. The summed E-state index contributed by atoms with van der Waals surface area (Å²) in [7, 11) is -3.74. The van der Waals surface area contributed by atoms with E-state index in [1.165, 1.54) is 16.6 Å². The number of aromatic nitrogens is 1. The summed E-state index contributed by atoms with van der Waals surface area (Å²) in [6.45, 7) is 2.66. The van der Waals surface area contributed by atoms with Crippen LogP contribution in [0.15, 0.2) is 53.6 Å². The topological polar surface area (TPSA) is 90.8 Å². The van der Waals surface area contributed by atoms with Crippen molar-refractivity contribution in [3.8, 4) is 0 Å². The van der Waals surface area contributed by atoms with Crippen molar-refractivity contribution < 1.29 is 18.3 Å². The van der Waals surface area contributed by atoms with Gasteiger partial charge in [0.25, 0.3) is 10.0 Å². The Bertz CT molecular complexity index is 869. The third-order valence-corrected chi connectivity index (χ3v) is 6.36. The van der Waals surface area contributed by atoms with E-state index in [-0.39, 0.29) is 4.90 Å². The van der Waals surface area contributed by atoms with E-state index in [2.05, 4.69) is 4.98 Å². The summed E-state index contributed by atoms with van der Waals surface area (Å²) < 4.78 is 27.2. The van der Waals surface area contributed by atoms with Crippen molar-refractivity contribution in [3.05, 3.63) is 48.7 Å². The second kappa shape index (κ2) is 7.33. The van der Waals surface area contributed by atoms with Gasteiger partial charge in [0.05, 0.1) is 5.69 Å². The molecule has 2 aromatic rings. The molecule has 1 aliphatic rings. The van der Waals surface area contributed by atoms with Crippen molar-refractivity contribution >= 4 is 27.5 Å². The first-order valence-electron chi connectivity index (χ1n) is 8.48. The molecule has 1 N–H and O–H groups in total. The van der Waals surface area contributed by atoms with Gasteiger partial charge in [-0.3, -0.25) is 4.31 Å². The molecule has 2 heterocycles. The number of hydrogen-bond acceptors (Lipinski definition) is 5. The third kappa shape index (κ3) is 3.37. The highest BCUT2D eigenvalue weighted by atomic mass is 32.2. The van der Waals surface area contributed by atoms with E-state index in [0.717, 1.165) is 6.42 Å². The zero-order valence-corrected chi connectivity index (χ0v) is 15.3. The largest absolute Gasteiger partial charge is 0.480 e. The van der Waals surface area contributed by atoms with Crippen molar-refractivity contribution in [2.45, 2.75) is 30.7 Å². The molecule has 7 nitrogen and oxygen atoms in total. The first-order chi connectivity index (χ1) is 12.4. The SMILES string of the molecule is CCN(c1ccccc1)S(=O)(=O)c1ccc(N2CCC[C@@H]2C(=O)O)nc1. The molecule has 1 aromatic heterocycles. The van der Waals surface area contributed by atoms with Crippen LogP contribution in [0.5, 0.6) is 0 Å². The molecular weight excluding hydrogens is 354 g/mol. The first-order valence-corrected chi connectivity index (χ1v) is 9.92. The number of para-hydroxylation sites is 1. The van der Waals surface area contributed by atoms with Gasteiger partial charge in [-0.1, -0.05) is 18.2 Å². The number of anilines is 2. The summed E-state index contributed by atoms with van der Waals surface area (Å²) in [5.41, 5.74) is 0.588. The lowest BCUT2D eigenvalue weighted by molar-refractivity contribution is -0.138. The number of carbonyl (C=O) groups is 1. The quantitative estimate of drug-likeness (QED) is 0.833. The highest BCUT2D eigenvalue weighted by molar-refractivity contribution is 7.92. The van der Waals surface area contributed by atoms with E-state index in [0.29, 0.717) is 31.0 Å². The van der Waals surface area contributed by atoms with Crippen LogP contribution in [0.3, 0.4) is 0 Å². The van der Waals surface area contributed by atoms with Crippen molar-refractivity contribution in [2.75, 3.05) is 22.3 Å². The number of pyridine rings is 1. The van der Waals surface area contributed by atoms with Crippen molar-refractivity contribution in [1.29, 1.82) is 0 Å². The van der Waals surface area contributed by atoms with Gasteiger partial charge >= 0.3 is 5.97 Å². The summed E-state index contributed by atoms with van der Waals surface area (Å²) >= 11 is 0. The van der Waals surface area contributed by atoms with Crippen molar-refractivity contribution in [1.82, 2.24) is 4.98 Å². The van der Waals surface area contributed by atoms with E-state index in [9.17, 15) is 18.3 Å². The minimum absolute atomic E-state index is 0.0815. The molecule has 138 valence electrons. The highest BCUT2D eigenvalue weighted by Gasteiger charge is 2.32. The number of carboxylic acids is 1.